The zero-order valence-corrected chi connectivity index (χ0v) is 16.6. The van der Waals surface area contributed by atoms with E-state index in [1.54, 1.807) is 0 Å². The van der Waals surface area contributed by atoms with Crippen molar-refractivity contribution in [1.82, 2.24) is 15.1 Å². The van der Waals surface area contributed by atoms with Crippen molar-refractivity contribution in [3.05, 3.63) is 70.8 Å². The molecule has 29 heavy (non-hydrogen) atoms. The molecule has 0 radical (unpaired) electrons. The number of hydrogen-bond acceptors (Lipinski definition) is 6. The van der Waals surface area contributed by atoms with Crippen LogP contribution in [0.4, 0.5) is 18.3 Å². The zero-order valence-electron chi connectivity index (χ0n) is 14.9. The van der Waals surface area contributed by atoms with E-state index < -0.39 is 23.2 Å². The molecule has 0 saturated carbocycles. The maximum absolute atomic E-state index is 13.1. The summed E-state index contributed by atoms with van der Waals surface area (Å²) in [4.78, 5) is 14.6. The lowest BCUT2D eigenvalue weighted by Gasteiger charge is -2.12. The molecule has 4 rings (SSSR count). The summed E-state index contributed by atoms with van der Waals surface area (Å²) in [5.74, 6) is -0.158. The highest BCUT2D eigenvalue weighted by Crippen LogP contribution is 2.33. The number of amides is 1. The van der Waals surface area contributed by atoms with Crippen molar-refractivity contribution in [3.63, 3.8) is 0 Å². The van der Waals surface area contributed by atoms with Crippen molar-refractivity contribution >= 4 is 34.1 Å². The van der Waals surface area contributed by atoms with Crippen LogP contribution in [0.5, 0.6) is 0 Å². The van der Waals surface area contributed by atoms with Gasteiger partial charge in [-0.2, -0.15) is 13.2 Å². The Morgan fingerprint density at radius 3 is 2.41 bits per heavy atom. The molecule has 0 bridgehead atoms. The number of thioether (sulfide) groups is 1. The standard InChI is InChI=1S/C19H15F3N4OS2/c20-19(21,22)15-8-4-3-7-14(15)16(27)23-17-24-25-18(29-17)28-11-26-9-12-5-1-2-6-13(12)10-26/h1-8H,9-11H2,(H,23,24,27). The molecule has 0 saturated heterocycles. The van der Waals surface area contributed by atoms with E-state index in [-0.39, 0.29) is 5.13 Å². The highest BCUT2D eigenvalue weighted by Gasteiger charge is 2.35. The predicted molar refractivity (Wildman–Crippen MR) is 106 cm³/mol. The quantitative estimate of drug-likeness (QED) is 0.457. The molecule has 1 aliphatic heterocycles. The fourth-order valence-corrected chi connectivity index (χ4v) is 4.73. The third-order valence-corrected chi connectivity index (χ3v) is 6.44. The smallest absolute Gasteiger partial charge is 0.296 e. The second-order valence-electron chi connectivity index (χ2n) is 6.40. The van der Waals surface area contributed by atoms with Crippen LogP contribution in [0.2, 0.25) is 0 Å². The Kier molecular flexibility index (Phi) is 5.57. The maximum atomic E-state index is 13.1. The first kappa shape index (κ1) is 19.9. The molecule has 150 valence electrons. The molecule has 2 aromatic carbocycles. The van der Waals surface area contributed by atoms with Crippen LogP contribution in [-0.2, 0) is 19.3 Å². The minimum Gasteiger partial charge on any atom is -0.296 e. The fraction of sp³-hybridized carbons (Fsp3) is 0.211. The first-order valence-electron chi connectivity index (χ1n) is 8.63. The van der Waals surface area contributed by atoms with Crippen molar-refractivity contribution in [2.45, 2.75) is 23.6 Å². The SMILES string of the molecule is O=C(Nc1nnc(SCN2Cc3ccccc3C2)s1)c1ccccc1C(F)(F)F. The number of rotatable bonds is 5. The molecule has 0 fully saturated rings. The summed E-state index contributed by atoms with van der Waals surface area (Å²) in [6, 6.07) is 12.9. The van der Waals surface area contributed by atoms with Crippen LogP contribution in [-0.4, -0.2) is 26.9 Å². The molecule has 0 spiro atoms. The van der Waals surface area contributed by atoms with Gasteiger partial charge in [0.25, 0.3) is 5.91 Å². The predicted octanol–water partition coefficient (Wildman–Crippen LogP) is 4.87. The topological polar surface area (TPSA) is 58.1 Å². The Hall–Kier alpha value is -2.43. The third-order valence-electron chi connectivity index (χ3n) is 4.38. The number of hydrogen-bond donors (Lipinski definition) is 1. The number of nitrogens with one attached hydrogen (secondary N) is 1. The van der Waals surface area contributed by atoms with Gasteiger partial charge in [0.15, 0.2) is 4.34 Å². The highest BCUT2D eigenvalue weighted by molar-refractivity contribution is 8.01. The van der Waals surface area contributed by atoms with Crippen LogP contribution in [0, 0.1) is 0 Å². The van der Waals surface area contributed by atoms with E-state index in [1.165, 1.54) is 35.0 Å². The molecular formula is C19H15F3N4OS2. The summed E-state index contributed by atoms with van der Waals surface area (Å²) < 4.78 is 39.9. The van der Waals surface area contributed by atoms with Gasteiger partial charge in [0.05, 0.1) is 17.0 Å². The molecule has 2 heterocycles. The number of alkyl halides is 3. The number of anilines is 1. The Bertz CT molecular complexity index is 1010. The van der Waals surface area contributed by atoms with Gasteiger partial charge in [-0.25, -0.2) is 0 Å². The summed E-state index contributed by atoms with van der Waals surface area (Å²) in [5, 5.41) is 10.5. The average Bonchev–Trinajstić information content (AvgIpc) is 3.31. The summed E-state index contributed by atoms with van der Waals surface area (Å²) in [6.07, 6.45) is -4.61. The Balaban J connectivity index is 1.36. The molecule has 0 atom stereocenters. The Morgan fingerprint density at radius 2 is 1.72 bits per heavy atom. The lowest BCUT2D eigenvalue weighted by atomic mass is 10.1. The molecule has 10 heteroatoms. The van der Waals surface area contributed by atoms with Crippen LogP contribution >= 0.6 is 23.1 Å². The number of halogens is 3. The lowest BCUT2D eigenvalue weighted by Crippen LogP contribution is -2.18. The van der Waals surface area contributed by atoms with Gasteiger partial charge in [-0.1, -0.05) is 59.5 Å². The normalized spacial score (nSPS) is 14.0. The van der Waals surface area contributed by atoms with Gasteiger partial charge in [0.1, 0.15) is 0 Å². The number of carbonyl (C=O) groups excluding carboxylic acids is 1. The molecule has 1 N–H and O–H groups in total. The monoisotopic (exact) mass is 436 g/mol. The highest BCUT2D eigenvalue weighted by atomic mass is 32.2. The largest absolute Gasteiger partial charge is 0.417 e. The maximum Gasteiger partial charge on any atom is 0.417 e. The van der Waals surface area contributed by atoms with E-state index in [2.05, 4.69) is 32.5 Å². The summed E-state index contributed by atoms with van der Waals surface area (Å²) in [7, 11) is 0. The van der Waals surface area contributed by atoms with Crippen molar-refractivity contribution in [3.8, 4) is 0 Å². The van der Waals surface area contributed by atoms with Crippen molar-refractivity contribution in [1.29, 1.82) is 0 Å². The van der Waals surface area contributed by atoms with E-state index >= 15 is 0 Å². The van der Waals surface area contributed by atoms with Crippen molar-refractivity contribution < 1.29 is 18.0 Å². The van der Waals surface area contributed by atoms with E-state index in [0.29, 0.717) is 10.2 Å². The second-order valence-corrected chi connectivity index (χ2v) is 8.57. The number of nitrogens with zero attached hydrogens (tertiary/aromatic N) is 3. The van der Waals surface area contributed by atoms with Gasteiger partial charge in [-0.3, -0.25) is 15.0 Å². The molecule has 3 aromatic rings. The summed E-state index contributed by atoms with van der Waals surface area (Å²) in [5.41, 5.74) is 1.19. The van der Waals surface area contributed by atoms with Crippen LogP contribution in [0.3, 0.4) is 0 Å². The van der Waals surface area contributed by atoms with Gasteiger partial charge < -0.3 is 0 Å². The lowest BCUT2D eigenvalue weighted by molar-refractivity contribution is -0.137. The molecule has 5 nitrogen and oxygen atoms in total. The summed E-state index contributed by atoms with van der Waals surface area (Å²) in [6.45, 7) is 1.72. The first-order chi connectivity index (χ1) is 13.9. The van der Waals surface area contributed by atoms with Crippen LogP contribution in [0.15, 0.2) is 52.9 Å². The molecule has 1 aliphatic rings. The minimum absolute atomic E-state index is 0.166. The third kappa shape index (κ3) is 4.60. The van der Waals surface area contributed by atoms with Gasteiger partial charge in [-0.05, 0) is 23.3 Å². The Labute approximate surface area is 173 Å². The molecular weight excluding hydrogens is 421 g/mol. The first-order valence-corrected chi connectivity index (χ1v) is 10.4. The van der Waals surface area contributed by atoms with E-state index in [9.17, 15) is 18.0 Å². The minimum atomic E-state index is -4.61. The number of benzene rings is 2. The fourth-order valence-electron chi connectivity index (χ4n) is 3.05. The van der Waals surface area contributed by atoms with E-state index in [1.807, 2.05) is 12.1 Å². The van der Waals surface area contributed by atoms with Gasteiger partial charge >= 0.3 is 6.18 Å². The van der Waals surface area contributed by atoms with Crippen LogP contribution in [0.25, 0.3) is 0 Å². The van der Waals surface area contributed by atoms with Gasteiger partial charge in [-0.15, -0.1) is 10.2 Å². The number of carbonyl (C=O) groups is 1. The van der Waals surface area contributed by atoms with E-state index in [4.69, 9.17) is 0 Å². The van der Waals surface area contributed by atoms with Crippen molar-refractivity contribution in [2.24, 2.45) is 0 Å². The van der Waals surface area contributed by atoms with Crippen LogP contribution < -0.4 is 5.32 Å². The molecule has 1 aromatic heterocycles. The van der Waals surface area contributed by atoms with Crippen LogP contribution in [0.1, 0.15) is 27.0 Å². The number of aromatic nitrogens is 2. The van der Waals surface area contributed by atoms with Crippen molar-refractivity contribution in [2.75, 3.05) is 11.2 Å². The van der Waals surface area contributed by atoms with Gasteiger partial charge in [0, 0.05) is 13.1 Å². The van der Waals surface area contributed by atoms with E-state index in [0.717, 1.165) is 36.6 Å². The second kappa shape index (κ2) is 8.13. The number of fused-ring (bicyclic) bond motifs is 1. The molecule has 0 unspecified atom stereocenters. The zero-order chi connectivity index (χ0) is 20.4. The molecule has 0 aliphatic carbocycles. The summed E-state index contributed by atoms with van der Waals surface area (Å²) >= 11 is 2.62. The average molecular weight is 436 g/mol. The molecule has 1 amide bonds. The van der Waals surface area contributed by atoms with Gasteiger partial charge in [0.2, 0.25) is 5.13 Å². The Morgan fingerprint density at radius 1 is 1.07 bits per heavy atom.